The Bertz CT molecular complexity index is 550. The van der Waals surface area contributed by atoms with Crippen LogP contribution in [0.25, 0.3) is 0 Å². The second-order valence-corrected chi connectivity index (χ2v) is 7.61. The third kappa shape index (κ3) is 3.19. The van der Waals surface area contributed by atoms with Crippen molar-refractivity contribution >= 4 is 5.95 Å². The Morgan fingerprint density at radius 1 is 1.26 bits per heavy atom. The average Bonchev–Trinajstić information content (AvgIpc) is 3.18. The first kappa shape index (κ1) is 15.3. The largest absolute Gasteiger partial charge is 0.381 e. The average molecular weight is 320 g/mol. The number of anilines is 1. The molecule has 6 heteroatoms. The van der Waals surface area contributed by atoms with Crippen molar-refractivity contribution < 1.29 is 9.13 Å². The zero-order valence-electron chi connectivity index (χ0n) is 13.7. The van der Waals surface area contributed by atoms with Crippen molar-refractivity contribution in [3.05, 3.63) is 18.2 Å². The Labute approximate surface area is 136 Å². The SMILES string of the molecule is CN1C[C@@H](COCC2CC2)[C@@]2(CCN(c3ncc(F)cn3)C2)C1. The van der Waals surface area contributed by atoms with Crippen molar-refractivity contribution in [2.45, 2.75) is 19.3 Å². The van der Waals surface area contributed by atoms with Gasteiger partial charge in [-0.05, 0) is 32.2 Å². The number of halogens is 1. The van der Waals surface area contributed by atoms with E-state index >= 15 is 0 Å². The summed E-state index contributed by atoms with van der Waals surface area (Å²) in [5, 5.41) is 0. The van der Waals surface area contributed by atoms with Crippen LogP contribution < -0.4 is 4.90 Å². The molecule has 1 spiro atoms. The molecule has 2 aliphatic heterocycles. The molecule has 0 radical (unpaired) electrons. The number of likely N-dealkylation sites (tertiary alicyclic amines) is 1. The minimum absolute atomic E-state index is 0.260. The molecule has 0 bridgehead atoms. The molecular formula is C17H25FN4O. The molecule has 1 aromatic heterocycles. The van der Waals surface area contributed by atoms with E-state index in [0.29, 0.717) is 11.9 Å². The van der Waals surface area contributed by atoms with E-state index in [1.54, 1.807) is 0 Å². The second kappa shape index (κ2) is 5.98. The van der Waals surface area contributed by atoms with Crippen LogP contribution >= 0.6 is 0 Å². The summed E-state index contributed by atoms with van der Waals surface area (Å²) >= 11 is 0. The predicted molar refractivity (Wildman–Crippen MR) is 85.8 cm³/mol. The van der Waals surface area contributed by atoms with Gasteiger partial charge >= 0.3 is 0 Å². The molecule has 23 heavy (non-hydrogen) atoms. The van der Waals surface area contributed by atoms with Gasteiger partial charge in [0, 0.05) is 44.1 Å². The van der Waals surface area contributed by atoms with Gasteiger partial charge in [-0.25, -0.2) is 14.4 Å². The third-order valence-electron chi connectivity index (χ3n) is 5.63. The third-order valence-corrected chi connectivity index (χ3v) is 5.63. The Hall–Kier alpha value is -1.27. The van der Waals surface area contributed by atoms with Crippen LogP contribution in [-0.4, -0.2) is 61.3 Å². The van der Waals surface area contributed by atoms with Gasteiger partial charge in [0.1, 0.15) is 0 Å². The molecule has 5 nitrogen and oxygen atoms in total. The molecule has 1 aliphatic carbocycles. The summed E-state index contributed by atoms with van der Waals surface area (Å²) in [5.74, 6) is 1.65. The smallest absolute Gasteiger partial charge is 0.225 e. The molecule has 1 aromatic rings. The zero-order valence-corrected chi connectivity index (χ0v) is 13.7. The van der Waals surface area contributed by atoms with E-state index in [1.807, 2.05) is 0 Å². The Morgan fingerprint density at radius 2 is 2.04 bits per heavy atom. The standard InChI is InChI=1S/C17H25FN4O/c1-21-8-14(10-23-9-13-2-3-13)17(11-21)4-5-22(12-17)16-19-6-15(18)7-20-16/h6-7,13-14H,2-5,8-12H2,1H3/t14-,17-/m0/s1. The second-order valence-electron chi connectivity index (χ2n) is 7.61. The van der Waals surface area contributed by atoms with Crippen LogP contribution in [0.3, 0.4) is 0 Å². The van der Waals surface area contributed by atoms with Crippen molar-refractivity contribution in [2.75, 3.05) is 51.3 Å². The number of hydrogen-bond acceptors (Lipinski definition) is 5. The van der Waals surface area contributed by atoms with Crippen LogP contribution in [0.4, 0.5) is 10.3 Å². The lowest BCUT2D eigenvalue weighted by Gasteiger charge is -2.30. The Morgan fingerprint density at radius 3 is 2.78 bits per heavy atom. The lowest BCUT2D eigenvalue weighted by atomic mass is 9.77. The molecule has 2 saturated heterocycles. The van der Waals surface area contributed by atoms with Gasteiger partial charge in [-0.3, -0.25) is 0 Å². The topological polar surface area (TPSA) is 41.5 Å². The molecule has 3 fully saturated rings. The highest BCUT2D eigenvalue weighted by Crippen LogP contribution is 2.44. The normalized spacial score (nSPS) is 31.4. The maximum absolute atomic E-state index is 13.0. The first-order valence-corrected chi connectivity index (χ1v) is 8.63. The fourth-order valence-corrected chi connectivity index (χ4v) is 4.19. The van der Waals surface area contributed by atoms with E-state index < -0.39 is 0 Å². The zero-order chi connectivity index (χ0) is 15.9. The van der Waals surface area contributed by atoms with E-state index in [-0.39, 0.29) is 11.2 Å². The molecule has 0 N–H and O–H groups in total. The molecule has 3 heterocycles. The molecule has 3 aliphatic rings. The van der Waals surface area contributed by atoms with Crippen LogP contribution in [0.1, 0.15) is 19.3 Å². The number of ether oxygens (including phenoxy) is 1. The molecule has 0 aromatic carbocycles. The molecule has 1 saturated carbocycles. The van der Waals surface area contributed by atoms with Crippen LogP contribution in [0.5, 0.6) is 0 Å². The van der Waals surface area contributed by atoms with Crippen molar-refractivity contribution in [2.24, 2.45) is 17.3 Å². The highest BCUT2D eigenvalue weighted by atomic mass is 19.1. The van der Waals surface area contributed by atoms with E-state index in [4.69, 9.17) is 4.74 Å². The Kier molecular flexibility index (Phi) is 3.97. The number of aromatic nitrogens is 2. The van der Waals surface area contributed by atoms with Crippen LogP contribution in [0.15, 0.2) is 12.4 Å². The van der Waals surface area contributed by atoms with Crippen molar-refractivity contribution in [3.63, 3.8) is 0 Å². The fraction of sp³-hybridized carbons (Fsp3) is 0.765. The van der Waals surface area contributed by atoms with Gasteiger partial charge in [0.15, 0.2) is 5.82 Å². The van der Waals surface area contributed by atoms with Crippen molar-refractivity contribution in [3.8, 4) is 0 Å². The van der Waals surface area contributed by atoms with Crippen LogP contribution in [0.2, 0.25) is 0 Å². The van der Waals surface area contributed by atoms with E-state index in [9.17, 15) is 4.39 Å². The number of rotatable bonds is 5. The minimum atomic E-state index is -0.380. The molecule has 0 amide bonds. The lowest BCUT2D eigenvalue weighted by Crippen LogP contribution is -2.36. The number of hydrogen-bond donors (Lipinski definition) is 0. The molecular weight excluding hydrogens is 295 g/mol. The summed E-state index contributed by atoms with van der Waals surface area (Å²) in [5.41, 5.74) is 0.260. The molecule has 2 atom stereocenters. The number of nitrogens with zero attached hydrogens (tertiary/aromatic N) is 4. The summed E-state index contributed by atoms with van der Waals surface area (Å²) in [6, 6.07) is 0. The summed E-state index contributed by atoms with van der Waals surface area (Å²) in [6.07, 6.45) is 6.32. The van der Waals surface area contributed by atoms with Gasteiger partial charge in [0.25, 0.3) is 0 Å². The quantitative estimate of drug-likeness (QED) is 0.827. The monoisotopic (exact) mass is 320 g/mol. The van der Waals surface area contributed by atoms with Gasteiger partial charge in [-0.2, -0.15) is 0 Å². The van der Waals surface area contributed by atoms with E-state index in [1.165, 1.54) is 25.2 Å². The summed E-state index contributed by atoms with van der Waals surface area (Å²) < 4.78 is 19.0. The van der Waals surface area contributed by atoms with E-state index in [0.717, 1.165) is 51.7 Å². The summed E-state index contributed by atoms with van der Waals surface area (Å²) in [6.45, 7) is 5.88. The first-order chi connectivity index (χ1) is 11.1. The van der Waals surface area contributed by atoms with Crippen LogP contribution in [-0.2, 0) is 4.74 Å². The first-order valence-electron chi connectivity index (χ1n) is 8.63. The molecule has 4 rings (SSSR count). The predicted octanol–water partition coefficient (Wildman–Crippen LogP) is 1.80. The highest BCUT2D eigenvalue weighted by Gasteiger charge is 2.50. The van der Waals surface area contributed by atoms with Gasteiger partial charge in [0.2, 0.25) is 5.95 Å². The van der Waals surface area contributed by atoms with Gasteiger partial charge in [-0.15, -0.1) is 0 Å². The van der Waals surface area contributed by atoms with Gasteiger partial charge in [0.05, 0.1) is 19.0 Å². The maximum Gasteiger partial charge on any atom is 0.225 e. The van der Waals surface area contributed by atoms with Crippen LogP contribution in [0, 0.1) is 23.1 Å². The van der Waals surface area contributed by atoms with E-state index in [2.05, 4.69) is 26.8 Å². The van der Waals surface area contributed by atoms with Gasteiger partial charge < -0.3 is 14.5 Å². The summed E-state index contributed by atoms with van der Waals surface area (Å²) in [7, 11) is 2.19. The lowest BCUT2D eigenvalue weighted by molar-refractivity contribution is 0.0603. The Balaban J connectivity index is 1.42. The molecule has 0 unspecified atom stereocenters. The van der Waals surface area contributed by atoms with Crippen molar-refractivity contribution in [1.82, 2.24) is 14.9 Å². The fourth-order valence-electron chi connectivity index (χ4n) is 4.19. The minimum Gasteiger partial charge on any atom is -0.381 e. The van der Waals surface area contributed by atoms with Crippen molar-refractivity contribution in [1.29, 1.82) is 0 Å². The maximum atomic E-state index is 13.0. The summed E-state index contributed by atoms with van der Waals surface area (Å²) in [4.78, 5) is 12.9. The van der Waals surface area contributed by atoms with Gasteiger partial charge in [-0.1, -0.05) is 0 Å². The highest BCUT2D eigenvalue weighted by molar-refractivity contribution is 5.32. The molecule has 126 valence electrons.